The van der Waals surface area contributed by atoms with Crippen molar-refractivity contribution in [3.05, 3.63) is 77.4 Å². The lowest BCUT2D eigenvalue weighted by molar-refractivity contribution is -0.250. The minimum absolute atomic E-state index is 0.183. The molecule has 0 radical (unpaired) electrons. The Labute approximate surface area is 179 Å². The maximum atomic E-state index is 11.1. The lowest BCUT2D eigenvalue weighted by atomic mass is 10.1. The zero-order valence-corrected chi connectivity index (χ0v) is 18.4. The molecule has 0 fully saturated rings. The molecule has 1 atom stereocenters. The van der Waals surface area contributed by atoms with Crippen molar-refractivity contribution in [1.82, 2.24) is 0 Å². The van der Waals surface area contributed by atoms with Gasteiger partial charge in [-0.1, -0.05) is 76.6 Å². The lowest BCUT2D eigenvalue weighted by Crippen LogP contribution is -2.10. The molecule has 29 heavy (non-hydrogen) atoms. The zero-order valence-electron chi connectivity index (χ0n) is 16.8. The predicted octanol–water partition coefficient (Wildman–Crippen LogP) is 4.64. The lowest BCUT2D eigenvalue weighted by Gasteiger charge is -1.99. The van der Waals surface area contributed by atoms with Crippen LogP contribution in [0.4, 0.5) is 0 Å². The molecule has 156 valence electrons. The van der Waals surface area contributed by atoms with E-state index in [0.29, 0.717) is 5.57 Å². The van der Waals surface area contributed by atoms with Crippen molar-refractivity contribution < 1.29 is 28.9 Å². The highest BCUT2D eigenvalue weighted by Gasteiger charge is 2.06. The predicted molar refractivity (Wildman–Crippen MR) is 115 cm³/mol. The Morgan fingerprint density at radius 3 is 1.72 bits per heavy atom. The van der Waals surface area contributed by atoms with Crippen molar-refractivity contribution in [3.63, 3.8) is 0 Å². The van der Waals surface area contributed by atoms with Crippen LogP contribution in [-0.2, 0) is 24.1 Å². The first kappa shape index (κ1) is 26.2. The van der Waals surface area contributed by atoms with Crippen LogP contribution in [0.25, 0.3) is 6.08 Å². The molecule has 0 aliphatic heterocycles. The summed E-state index contributed by atoms with van der Waals surface area (Å²) in [5.41, 5.74) is 2.18. The van der Waals surface area contributed by atoms with E-state index in [1.165, 1.54) is 14.2 Å². The topological polar surface area (TPSA) is 78.9 Å². The van der Waals surface area contributed by atoms with Gasteiger partial charge in [0.15, 0.2) is 0 Å². The first-order valence-corrected chi connectivity index (χ1v) is 9.47. The maximum absolute atomic E-state index is 11.1. The molecule has 0 aromatic heterocycles. The highest BCUT2D eigenvalue weighted by molar-refractivity contribution is 9.10. The summed E-state index contributed by atoms with van der Waals surface area (Å²) >= 11 is 3.03. The molecule has 0 saturated carbocycles. The fraction of sp³-hybridized carbons (Fsp3) is 0.227. The number of halogens is 1. The SMILES string of the molecule is COC(=O)[C@@H](C)Br.COOC(=O)/C(C)=C/c1ccccc1.O=Cc1ccccc1. The molecule has 0 aliphatic rings. The second-order valence-electron chi connectivity index (χ2n) is 5.44. The van der Waals surface area contributed by atoms with Gasteiger partial charge in [-0.05, 0) is 25.5 Å². The average Bonchev–Trinajstić information content (AvgIpc) is 2.75. The third-order valence-electron chi connectivity index (χ3n) is 3.13. The Bertz CT molecular complexity index is 757. The Balaban J connectivity index is 0.000000444. The molecule has 0 bridgehead atoms. The van der Waals surface area contributed by atoms with Gasteiger partial charge in [0, 0.05) is 11.1 Å². The fourth-order valence-corrected chi connectivity index (χ4v) is 1.88. The molecular formula is C22H25BrO6. The van der Waals surface area contributed by atoms with Crippen LogP contribution in [-0.4, -0.2) is 37.3 Å². The fourth-order valence-electron chi connectivity index (χ4n) is 1.69. The van der Waals surface area contributed by atoms with Crippen LogP contribution in [0.15, 0.2) is 66.2 Å². The van der Waals surface area contributed by atoms with E-state index < -0.39 is 5.97 Å². The maximum Gasteiger partial charge on any atom is 0.368 e. The average molecular weight is 465 g/mol. The van der Waals surface area contributed by atoms with Crippen molar-refractivity contribution in [2.45, 2.75) is 18.7 Å². The number of rotatable bonds is 5. The zero-order chi connectivity index (χ0) is 22.1. The minimum atomic E-state index is -0.476. The molecule has 0 saturated heterocycles. The highest BCUT2D eigenvalue weighted by atomic mass is 79.9. The number of esters is 1. The van der Waals surface area contributed by atoms with E-state index in [-0.39, 0.29) is 10.8 Å². The van der Waals surface area contributed by atoms with Gasteiger partial charge in [-0.3, -0.25) is 14.5 Å². The Hall–Kier alpha value is -2.77. The molecule has 0 spiro atoms. The molecule has 2 aromatic rings. The summed E-state index contributed by atoms with van der Waals surface area (Å²) in [6, 6.07) is 18.6. The standard InChI is InChI=1S/C11H12O3.C7H6O.C4H7BrO2/c1-9(11(12)14-13-2)8-10-6-4-3-5-7-10;8-6-7-4-2-1-3-5-7;1-3(5)4(6)7-2/h3-8H,1-2H3;1-6H;3H,1-2H3/b9-8+;;/t;;3-/m..1/s1. The van der Waals surface area contributed by atoms with Gasteiger partial charge in [-0.25, -0.2) is 4.79 Å². The number of aldehydes is 1. The molecular weight excluding hydrogens is 440 g/mol. The van der Waals surface area contributed by atoms with Gasteiger partial charge in [0.2, 0.25) is 0 Å². The molecule has 6 nitrogen and oxygen atoms in total. The van der Waals surface area contributed by atoms with Crippen molar-refractivity contribution in [2.24, 2.45) is 0 Å². The van der Waals surface area contributed by atoms with Crippen molar-refractivity contribution >= 4 is 40.2 Å². The summed E-state index contributed by atoms with van der Waals surface area (Å²) in [6.07, 6.45) is 2.57. The number of hydrogen-bond acceptors (Lipinski definition) is 6. The van der Waals surface area contributed by atoms with Crippen LogP contribution in [0.1, 0.15) is 29.8 Å². The number of ether oxygens (including phenoxy) is 1. The van der Waals surface area contributed by atoms with E-state index in [1.54, 1.807) is 32.1 Å². The summed E-state index contributed by atoms with van der Waals surface area (Å²) in [6.45, 7) is 3.39. The van der Waals surface area contributed by atoms with E-state index in [9.17, 15) is 14.4 Å². The largest absolute Gasteiger partial charge is 0.468 e. The van der Waals surface area contributed by atoms with Crippen LogP contribution >= 0.6 is 15.9 Å². The van der Waals surface area contributed by atoms with Crippen molar-refractivity contribution in [1.29, 1.82) is 0 Å². The highest BCUT2D eigenvalue weighted by Crippen LogP contribution is 2.07. The Morgan fingerprint density at radius 2 is 1.41 bits per heavy atom. The quantitative estimate of drug-likeness (QED) is 0.160. The van der Waals surface area contributed by atoms with Gasteiger partial charge in [0.25, 0.3) is 0 Å². The van der Waals surface area contributed by atoms with Gasteiger partial charge < -0.3 is 4.74 Å². The van der Waals surface area contributed by atoms with Crippen LogP contribution in [0.5, 0.6) is 0 Å². The van der Waals surface area contributed by atoms with Crippen molar-refractivity contribution in [2.75, 3.05) is 14.2 Å². The molecule has 0 N–H and O–H groups in total. The second-order valence-corrected chi connectivity index (χ2v) is 6.82. The molecule has 7 heteroatoms. The minimum Gasteiger partial charge on any atom is -0.468 e. The molecule has 0 amide bonds. The third kappa shape index (κ3) is 13.1. The number of benzene rings is 2. The van der Waals surface area contributed by atoms with Crippen LogP contribution in [0.3, 0.4) is 0 Å². The molecule has 0 unspecified atom stereocenters. The number of alkyl halides is 1. The summed E-state index contributed by atoms with van der Waals surface area (Å²) in [4.78, 5) is 39.8. The smallest absolute Gasteiger partial charge is 0.368 e. The van der Waals surface area contributed by atoms with Gasteiger partial charge in [0.05, 0.1) is 14.2 Å². The number of hydrogen-bond donors (Lipinski definition) is 0. The Morgan fingerprint density at radius 1 is 0.931 bits per heavy atom. The first-order valence-electron chi connectivity index (χ1n) is 8.56. The third-order valence-corrected chi connectivity index (χ3v) is 3.50. The number of carbonyl (C=O) groups excluding carboxylic acids is 3. The van der Waals surface area contributed by atoms with E-state index in [2.05, 4.69) is 30.4 Å². The monoisotopic (exact) mass is 464 g/mol. The molecule has 0 aliphatic carbocycles. The summed E-state index contributed by atoms with van der Waals surface area (Å²) in [7, 11) is 2.66. The van der Waals surface area contributed by atoms with E-state index in [1.807, 2.05) is 48.5 Å². The first-order chi connectivity index (χ1) is 13.8. The van der Waals surface area contributed by atoms with E-state index >= 15 is 0 Å². The van der Waals surface area contributed by atoms with Crippen LogP contribution in [0.2, 0.25) is 0 Å². The van der Waals surface area contributed by atoms with Gasteiger partial charge >= 0.3 is 11.9 Å². The normalized spacial score (nSPS) is 10.9. The van der Waals surface area contributed by atoms with Crippen LogP contribution < -0.4 is 0 Å². The molecule has 0 heterocycles. The number of carbonyl (C=O) groups is 3. The molecule has 2 aromatic carbocycles. The van der Waals surface area contributed by atoms with Gasteiger partial charge in [-0.2, -0.15) is 4.89 Å². The summed E-state index contributed by atoms with van der Waals surface area (Å²) in [5, 5.41) is 0. The van der Waals surface area contributed by atoms with E-state index in [4.69, 9.17) is 0 Å². The van der Waals surface area contributed by atoms with Crippen molar-refractivity contribution in [3.8, 4) is 0 Å². The second kappa shape index (κ2) is 16.2. The summed E-state index contributed by atoms with van der Waals surface area (Å²) in [5.74, 6) is -0.712. The van der Waals surface area contributed by atoms with E-state index in [0.717, 1.165) is 17.4 Å². The Kier molecular flexibility index (Phi) is 14.7. The van der Waals surface area contributed by atoms with Gasteiger partial charge in [0.1, 0.15) is 11.1 Å². The summed E-state index contributed by atoms with van der Waals surface area (Å²) < 4.78 is 4.33. The number of methoxy groups -OCH3 is 1. The molecule has 2 rings (SSSR count). The van der Waals surface area contributed by atoms with Crippen LogP contribution in [0, 0.1) is 0 Å². The van der Waals surface area contributed by atoms with Gasteiger partial charge in [-0.15, -0.1) is 0 Å².